The van der Waals surface area contributed by atoms with Crippen molar-refractivity contribution in [1.29, 1.82) is 0 Å². The van der Waals surface area contributed by atoms with Crippen LogP contribution in [0, 0.1) is 11.8 Å². The molecule has 0 amide bonds. The SMILES string of the molecule is CC.CC.CNCC1COc2ccccc2C1OC1=CC=C(C)CCC1C. The number of rotatable bonds is 4. The molecular formula is C24H39NO2. The molecule has 3 atom stereocenters. The van der Waals surface area contributed by atoms with Crippen LogP contribution in [-0.2, 0) is 4.74 Å². The van der Waals surface area contributed by atoms with Crippen LogP contribution in [0.2, 0.25) is 0 Å². The molecule has 1 aromatic rings. The fraction of sp³-hybridized carbons (Fsp3) is 0.583. The standard InChI is InChI=1S/C20H27NO2.2C2H6/c1-14-8-10-15(2)18(11-9-14)23-20-16(12-21-3)13-22-19-7-5-4-6-17(19)20;2*1-2/h4-7,9,11,15-16,20-21H,8,10,12-13H2,1-3H3;2*1-2H3. The van der Waals surface area contributed by atoms with E-state index in [2.05, 4.69) is 43.4 Å². The van der Waals surface area contributed by atoms with E-state index < -0.39 is 0 Å². The molecule has 3 heteroatoms. The van der Waals surface area contributed by atoms with E-state index >= 15 is 0 Å². The summed E-state index contributed by atoms with van der Waals surface area (Å²) in [5.41, 5.74) is 2.59. The van der Waals surface area contributed by atoms with Crippen molar-refractivity contribution in [1.82, 2.24) is 5.32 Å². The number of benzene rings is 1. The Hall–Kier alpha value is -1.74. The Balaban J connectivity index is 0.000000855. The van der Waals surface area contributed by atoms with Crippen LogP contribution < -0.4 is 10.1 Å². The molecule has 1 aliphatic heterocycles. The van der Waals surface area contributed by atoms with Crippen molar-refractivity contribution in [3.63, 3.8) is 0 Å². The van der Waals surface area contributed by atoms with Crippen molar-refractivity contribution >= 4 is 0 Å². The highest BCUT2D eigenvalue weighted by atomic mass is 16.5. The molecule has 3 unspecified atom stereocenters. The van der Waals surface area contributed by atoms with Crippen molar-refractivity contribution in [2.45, 2.75) is 60.5 Å². The van der Waals surface area contributed by atoms with E-state index in [0.717, 1.165) is 36.5 Å². The van der Waals surface area contributed by atoms with Crippen LogP contribution in [0.5, 0.6) is 5.75 Å². The van der Waals surface area contributed by atoms with Crippen LogP contribution in [0.4, 0.5) is 0 Å². The zero-order valence-electron chi connectivity index (χ0n) is 18.3. The number of para-hydroxylation sites is 1. The molecule has 0 bridgehead atoms. The third-order valence-electron chi connectivity index (χ3n) is 4.83. The molecule has 0 fully saturated rings. The monoisotopic (exact) mass is 373 g/mol. The van der Waals surface area contributed by atoms with Gasteiger partial charge in [0.2, 0.25) is 0 Å². The van der Waals surface area contributed by atoms with Crippen molar-refractivity contribution in [3.05, 3.63) is 53.3 Å². The predicted octanol–water partition coefficient (Wildman–Crippen LogP) is 6.28. The lowest BCUT2D eigenvalue weighted by atomic mass is 9.92. The lowest BCUT2D eigenvalue weighted by molar-refractivity contribution is 0.0104. The number of allylic oxidation sites excluding steroid dienone is 4. The molecular weight excluding hydrogens is 334 g/mol. The molecule has 3 nitrogen and oxygen atoms in total. The largest absolute Gasteiger partial charge is 0.493 e. The number of hydrogen-bond acceptors (Lipinski definition) is 3. The highest BCUT2D eigenvalue weighted by Gasteiger charge is 2.33. The Morgan fingerprint density at radius 3 is 2.52 bits per heavy atom. The first-order valence-corrected chi connectivity index (χ1v) is 10.6. The summed E-state index contributed by atoms with van der Waals surface area (Å²) in [7, 11) is 1.98. The lowest BCUT2D eigenvalue weighted by Crippen LogP contribution is -2.34. The summed E-state index contributed by atoms with van der Waals surface area (Å²) in [6, 6.07) is 8.25. The minimum atomic E-state index is 0.0490. The first-order valence-electron chi connectivity index (χ1n) is 10.6. The van der Waals surface area contributed by atoms with Gasteiger partial charge in [-0.15, -0.1) is 0 Å². The van der Waals surface area contributed by atoms with Crippen LogP contribution in [0.1, 0.15) is 66.1 Å². The van der Waals surface area contributed by atoms with Gasteiger partial charge in [-0.05, 0) is 39.0 Å². The van der Waals surface area contributed by atoms with Gasteiger partial charge in [-0.2, -0.15) is 0 Å². The maximum atomic E-state index is 6.56. The Bertz CT molecular complexity index is 606. The topological polar surface area (TPSA) is 30.5 Å². The van der Waals surface area contributed by atoms with Crippen molar-refractivity contribution < 1.29 is 9.47 Å². The number of nitrogens with one attached hydrogen (secondary N) is 1. The summed E-state index contributed by atoms with van der Waals surface area (Å²) in [6.07, 6.45) is 6.72. The van der Waals surface area contributed by atoms with Gasteiger partial charge in [0, 0.05) is 23.9 Å². The van der Waals surface area contributed by atoms with E-state index in [1.54, 1.807) is 0 Å². The van der Waals surface area contributed by atoms with Gasteiger partial charge in [-0.3, -0.25) is 0 Å². The Morgan fingerprint density at radius 1 is 1.11 bits per heavy atom. The second-order valence-corrected chi connectivity index (χ2v) is 6.73. The number of ether oxygens (including phenoxy) is 2. The molecule has 1 N–H and O–H groups in total. The Morgan fingerprint density at radius 2 is 1.81 bits per heavy atom. The van der Waals surface area contributed by atoms with Crippen LogP contribution in [0.3, 0.4) is 0 Å². The summed E-state index contributed by atoms with van der Waals surface area (Å²) >= 11 is 0. The molecule has 2 aliphatic rings. The zero-order chi connectivity index (χ0) is 20.2. The second-order valence-electron chi connectivity index (χ2n) is 6.73. The highest BCUT2D eigenvalue weighted by molar-refractivity contribution is 5.37. The Kier molecular flexibility index (Phi) is 10.9. The van der Waals surface area contributed by atoms with Crippen molar-refractivity contribution in [2.75, 3.05) is 20.2 Å². The smallest absolute Gasteiger partial charge is 0.134 e. The molecule has 1 aliphatic carbocycles. The molecule has 0 saturated heterocycles. The normalized spacial score (nSPS) is 23.6. The average molecular weight is 374 g/mol. The van der Waals surface area contributed by atoms with Crippen molar-refractivity contribution in [2.24, 2.45) is 11.8 Å². The summed E-state index contributed by atoms with van der Waals surface area (Å²) in [6.45, 7) is 14.0. The van der Waals surface area contributed by atoms with Crippen LogP contribution in [0.25, 0.3) is 0 Å². The molecule has 27 heavy (non-hydrogen) atoms. The molecule has 1 heterocycles. The molecule has 0 aromatic heterocycles. The van der Waals surface area contributed by atoms with Crippen LogP contribution in [-0.4, -0.2) is 20.2 Å². The van der Waals surface area contributed by atoms with E-state index in [-0.39, 0.29) is 6.10 Å². The van der Waals surface area contributed by atoms with Gasteiger partial charge in [-0.25, -0.2) is 0 Å². The van der Waals surface area contributed by atoms with Gasteiger partial charge in [0.25, 0.3) is 0 Å². The summed E-state index contributed by atoms with van der Waals surface area (Å²) < 4.78 is 12.5. The number of fused-ring (bicyclic) bond motifs is 1. The van der Waals surface area contributed by atoms with Gasteiger partial charge in [0.05, 0.1) is 12.4 Å². The first-order chi connectivity index (χ1) is 13.2. The third-order valence-corrected chi connectivity index (χ3v) is 4.83. The molecule has 3 rings (SSSR count). The molecule has 0 saturated carbocycles. The minimum absolute atomic E-state index is 0.0490. The Labute approximate surface area is 166 Å². The summed E-state index contributed by atoms with van der Waals surface area (Å²) in [4.78, 5) is 0. The lowest BCUT2D eigenvalue weighted by Gasteiger charge is -2.35. The quantitative estimate of drug-likeness (QED) is 0.673. The molecule has 152 valence electrons. The van der Waals surface area contributed by atoms with Gasteiger partial charge in [-0.1, -0.05) is 64.5 Å². The van der Waals surface area contributed by atoms with Gasteiger partial charge < -0.3 is 14.8 Å². The maximum absolute atomic E-state index is 6.56. The predicted molar refractivity (Wildman–Crippen MR) is 116 cm³/mol. The van der Waals surface area contributed by atoms with E-state index in [9.17, 15) is 0 Å². The fourth-order valence-corrected chi connectivity index (χ4v) is 3.33. The van der Waals surface area contributed by atoms with Crippen LogP contribution in [0.15, 0.2) is 47.7 Å². The van der Waals surface area contributed by atoms with Gasteiger partial charge in [0.1, 0.15) is 11.9 Å². The first kappa shape index (κ1) is 23.3. The van der Waals surface area contributed by atoms with E-state index in [1.807, 2.05) is 46.9 Å². The highest BCUT2D eigenvalue weighted by Crippen LogP contribution is 2.40. The second kappa shape index (κ2) is 12.6. The zero-order valence-corrected chi connectivity index (χ0v) is 18.3. The maximum Gasteiger partial charge on any atom is 0.134 e. The van der Waals surface area contributed by atoms with E-state index in [4.69, 9.17) is 9.47 Å². The van der Waals surface area contributed by atoms with E-state index in [0.29, 0.717) is 18.4 Å². The van der Waals surface area contributed by atoms with Crippen LogP contribution >= 0.6 is 0 Å². The number of hydrogen-bond donors (Lipinski definition) is 1. The van der Waals surface area contributed by atoms with Crippen molar-refractivity contribution in [3.8, 4) is 5.75 Å². The summed E-state index contributed by atoms with van der Waals surface area (Å²) in [5.74, 6) is 2.83. The molecule has 0 spiro atoms. The average Bonchev–Trinajstić information content (AvgIpc) is 2.88. The third kappa shape index (κ3) is 6.42. The van der Waals surface area contributed by atoms with Gasteiger partial charge >= 0.3 is 0 Å². The molecule has 1 aromatic carbocycles. The minimum Gasteiger partial charge on any atom is -0.493 e. The fourth-order valence-electron chi connectivity index (χ4n) is 3.33. The van der Waals surface area contributed by atoms with E-state index in [1.165, 1.54) is 5.57 Å². The molecule has 0 radical (unpaired) electrons. The summed E-state index contributed by atoms with van der Waals surface area (Å²) in [5, 5.41) is 3.27. The van der Waals surface area contributed by atoms with Gasteiger partial charge in [0.15, 0.2) is 0 Å².